The molecule has 1 N–H and O–H groups in total. The van der Waals surface area contributed by atoms with Gasteiger partial charge in [0.05, 0.1) is 0 Å². The summed E-state index contributed by atoms with van der Waals surface area (Å²) in [4.78, 5) is 2.48. The Hall–Kier alpha value is -0.0800. The Labute approximate surface area is 96.4 Å². The summed E-state index contributed by atoms with van der Waals surface area (Å²) in [5.41, 5.74) is 0. The number of unbranched alkanes of at least 4 members (excludes halogenated alkanes) is 1. The van der Waals surface area contributed by atoms with Crippen LogP contribution in [0.4, 0.5) is 0 Å². The summed E-state index contributed by atoms with van der Waals surface area (Å²) >= 11 is 0. The van der Waals surface area contributed by atoms with E-state index < -0.39 is 0 Å². The van der Waals surface area contributed by atoms with E-state index in [0.717, 1.165) is 13.1 Å². The summed E-state index contributed by atoms with van der Waals surface area (Å²) in [5.74, 6) is 0. The second-order valence-corrected chi connectivity index (χ2v) is 4.60. The highest BCUT2D eigenvalue weighted by Crippen LogP contribution is 2.01. The molecule has 0 radical (unpaired) electrons. The maximum absolute atomic E-state index is 3.67. The highest BCUT2D eigenvalue weighted by atomic mass is 15.1. The summed E-state index contributed by atoms with van der Waals surface area (Å²) < 4.78 is 0. The third-order valence-electron chi connectivity index (χ3n) is 2.99. The zero-order valence-electron chi connectivity index (χ0n) is 11.3. The van der Waals surface area contributed by atoms with Crippen LogP contribution in [0.5, 0.6) is 0 Å². The molecule has 92 valence electrons. The molecule has 0 rings (SSSR count). The van der Waals surface area contributed by atoms with Gasteiger partial charge in [-0.05, 0) is 33.4 Å². The van der Waals surface area contributed by atoms with E-state index in [1.807, 2.05) is 0 Å². The minimum Gasteiger partial charge on any atom is -0.311 e. The molecule has 0 aliphatic carbocycles. The molecule has 0 aromatic heterocycles. The molecule has 0 aliphatic heterocycles. The smallest absolute Gasteiger partial charge is 0.0169 e. The van der Waals surface area contributed by atoms with Gasteiger partial charge in [-0.15, -0.1) is 0 Å². The van der Waals surface area contributed by atoms with Gasteiger partial charge in [0, 0.05) is 18.6 Å². The highest BCUT2D eigenvalue weighted by Gasteiger charge is 2.09. The molecule has 0 fully saturated rings. The lowest BCUT2D eigenvalue weighted by Crippen LogP contribution is -2.42. The Morgan fingerprint density at radius 2 is 1.60 bits per heavy atom. The highest BCUT2D eigenvalue weighted by molar-refractivity contribution is 4.70. The summed E-state index contributed by atoms with van der Waals surface area (Å²) in [6.45, 7) is 14.8. The number of hydrogen-bond acceptors (Lipinski definition) is 2. The van der Waals surface area contributed by atoms with Crippen molar-refractivity contribution in [1.82, 2.24) is 10.2 Å². The minimum atomic E-state index is 0.608. The SMILES string of the molecule is CCCCC(C)NC(C)CN(CC)CC. The molecule has 0 spiro atoms. The van der Waals surface area contributed by atoms with Gasteiger partial charge in [-0.25, -0.2) is 0 Å². The van der Waals surface area contributed by atoms with Crippen molar-refractivity contribution in [3.05, 3.63) is 0 Å². The van der Waals surface area contributed by atoms with Gasteiger partial charge in [0.15, 0.2) is 0 Å². The summed E-state index contributed by atoms with van der Waals surface area (Å²) in [5, 5.41) is 3.67. The largest absolute Gasteiger partial charge is 0.311 e. The molecule has 0 aliphatic rings. The molecule has 0 bridgehead atoms. The fourth-order valence-electron chi connectivity index (χ4n) is 2.00. The lowest BCUT2D eigenvalue weighted by Gasteiger charge is -2.26. The van der Waals surface area contributed by atoms with Crippen LogP contribution in [0.25, 0.3) is 0 Å². The van der Waals surface area contributed by atoms with E-state index in [1.165, 1.54) is 25.8 Å². The Bertz CT molecular complexity index is 132. The lowest BCUT2D eigenvalue weighted by molar-refractivity contribution is 0.261. The average molecular weight is 214 g/mol. The zero-order chi connectivity index (χ0) is 11.7. The fraction of sp³-hybridized carbons (Fsp3) is 1.00. The van der Waals surface area contributed by atoms with Crippen molar-refractivity contribution in [2.45, 2.75) is 66.0 Å². The number of likely N-dealkylation sites (N-methyl/N-ethyl adjacent to an activating group) is 1. The molecule has 2 unspecified atom stereocenters. The first-order valence-electron chi connectivity index (χ1n) is 6.62. The van der Waals surface area contributed by atoms with Crippen molar-refractivity contribution in [2.75, 3.05) is 19.6 Å². The molecule has 0 aromatic rings. The molecular weight excluding hydrogens is 184 g/mol. The predicted octanol–water partition coefficient (Wildman–Crippen LogP) is 2.89. The normalized spacial score (nSPS) is 15.6. The van der Waals surface area contributed by atoms with E-state index in [0.29, 0.717) is 12.1 Å². The molecule has 2 atom stereocenters. The first-order chi connectivity index (χ1) is 7.13. The molecule has 0 amide bonds. The van der Waals surface area contributed by atoms with E-state index in [4.69, 9.17) is 0 Å². The van der Waals surface area contributed by atoms with E-state index >= 15 is 0 Å². The number of rotatable bonds is 9. The summed E-state index contributed by atoms with van der Waals surface area (Å²) in [7, 11) is 0. The predicted molar refractivity (Wildman–Crippen MR) is 69.4 cm³/mol. The van der Waals surface area contributed by atoms with Crippen LogP contribution in [0.3, 0.4) is 0 Å². The molecular formula is C13H30N2. The molecule has 0 aromatic carbocycles. The average Bonchev–Trinajstić information content (AvgIpc) is 2.22. The number of hydrogen-bond donors (Lipinski definition) is 1. The molecule has 2 nitrogen and oxygen atoms in total. The number of nitrogens with zero attached hydrogens (tertiary/aromatic N) is 1. The van der Waals surface area contributed by atoms with Crippen molar-refractivity contribution in [3.63, 3.8) is 0 Å². The topological polar surface area (TPSA) is 15.3 Å². The maximum Gasteiger partial charge on any atom is 0.0169 e. The van der Waals surface area contributed by atoms with Crippen molar-refractivity contribution in [1.29, 1.82) is 0 Å². The van der Waals surface area contributed by atoms with Crippen LogP contribution in [0.2, 0.25) is 0 Å². The summed E-state index contributed by atoms with van der Waals surface area (Å²) in [6.07, 6.45) is 3.95. The van der Waals surface area contributed by atoms with Crippen LogP contribution in [-0.4, -0.2) is 36.6 Å². The minimum absolute atomic E-state index is 0.608. The van der Waals surface area contributed by atoms with Gasteiger partial charge in [-0.3, -0.25) is 0 Å². The standard InChI is InChI=1S/C13H30N2/c1-6-9-10-12(4)14-13(5)11-15(7-2)8-3/h12-14H,6-11H2,1-5H3. The Morgan fingerprint density at radius 3 is 2.07 bits per heavy atom. The van der Waals surface area contributed by atoms with E-state index in [1.54, 1.807) is 0 Å². The second-order valence-electron chi connectivity index (χ2n) is 4.60. The Kier molecular flexibility index (Phi) is 9.12. The first-order valence-corrected chi connectivity index (χ1v) is 6.62. The van der Waals surface area contributed by atoms with Gasteiger partial charge < -0.3 is 10.2 Å². The van der Waals surface area contributed by atoms with Crippen LogP contribution in [0, 0.1) is 0 Å². The maximum atomic E-state index is 3.67. The van der Waals surface area contributed by atoms with E-state index in [9.17, 15) is 0 Å². The van der Waals surface area contributed by atoms with Crippen LogP contribution in [0.15, 0.2) is 0 Å². The Balaban J connectivity index is 3.66. The van der Waals surface area contributed by atoms with Gasteiger partial charge in [0.1, 0.15) is 0 Å². The van der Waals surface area contributed by atoms with Gasteiger partial charge in [0.25, 0.3) is 0 Å². The molecule has 2 heteroatoms. The Morgan fingerprint density at radius 1 is 1.00 bits per heavy atom. The molecule has 0 heterocycles. The monoisotopic (exact) mass is 214 g/mol. The van der Waals surface area contributed by atoms with E-state index in [2.05, 4.69) is 44.8 Å². The first kappa shape index (κ1) is 14.9. The third-order valence-corrected chi connectivity index (χ3v) is 2.99. The quantitative estimate of drug-likeness (QED) is 0.635. The van der Waals surface area contributed by atoms with Gasteiger partial charge in [-0.2, -0.15) is 0 Å². The van der Waals surface area contributed by atoms with E-state index in [-0.39, 0.29) is 0 Å². The third kappa shape index (κ3) is 7.80. The van der Waals surface area contributed by atoms with Crippen LogP contribution in [-0.2, 0) is 0 Å². The van der Waals surface area contributed by atoms with Crippen molar-refractivity contribution < 1.29 is 0 Å². The van der Waals surface area contributed by atoms with Gasteiger partial charge >= 0.3 is 0 Å². The molecule has 15 heavy (non-hydrogen) atoms. The van der Waals surface area contributed by atoms with Crippen LogP contribution >= 0.6 is 0 Å². The van der Waals surface area contributed by atoms with Crippen LogP contribution in [0.1, 0.15) is 53.9 Å². The molecule has 0 saturated carbocycles. The lowest BCUT2D eigenvalue weighted by atomic mass is 10.1. The van der Waals surface area contributed by atoms with Crippen molar-refractivity contribution >= 4 is 0 Å². The molecule has 0 saturated heterocycles. The van der Waals surface area contributed by atoms with Crippen LogP contribution < -0.4 is 5.32 Å². The van der Waals surface area contributed by atoms with Gasteiger partial charge in [-0.1, -0.05) is 33.6 Å². The fourth-order valence-corrected chi connectivity index (χ4v) is 2.00. The number of nitrogens with one attached hydrogen (secondary N) is 1. The summed E-state index contributed by atoms with van der Waals surface area (Å²) in [6, 6.07) is 1.27. The van der Waals surface area contributed by atoms with Crippen molar-refractivity contribution in [2.24, 2.45) is 0 Å². The van der Waals surface area contributed by atoms with Crippen molar-refractivity contribution in [3.8, 4) is 0 Å². The second kappa shape index (κ2) is 9.17. The zero-order valence-corrected chi connectivity index (χ0v) is 11.3. The van der Waals surface area contributed by atoms with Gasteiger partial charge in [0.2, 0.25) is 0 Å².